The van der Waals surface area contributed by atoms with Gasteiger partial charge in [-0.1, -0.05) is 42.5 Å². The van der Waals surface area contributed by atoms with Gasteiger partial charge in [0.2, 0.25) is 6.10 Å². The van der Waals surface area contributed by atoms with Gasteiger partial charge >= 0.3 is 11.7 Å². The third-order valence-electron chi connectivity index (χ3n) is 3.11. The maximum absolute atomic E-state index is 12.3. The van der Waals surface area contributed by atoms with Crippen molar-refractivity contribution in [1.29, 1.82) is 0 Å². The van der Waals surface area contributed by atoms with Gasteiger partial charge < -0.3 is 10.1 Å². The number of nitro groups is 1. The van der Waals surface area contributed by atoms with Gasteiger partial charge in [-0.05, 0) is 6.07 Å². The first-order chi connectivity index (χ1) is 11.5. The first kappa shape index (κ1) is 16.9. The number of ether oxygens (including phenoxy) is 1. The third-order valence-corrected chi connectivity index (χ3v) is 3.11. The van der Waals surface area contributed by atoms with Crippen LogP contribution in [0.5, 0.6) is 5.75 Å². The number of nitrogens with zero attached hydrogens (tertiary/aromatic N) is 1. The van der Waals surface area contributed by atoms with E-state index in [4.69, 9.17) is 4.74 Å². The molecule has 0 unspecified atom stereocenters. The number of benzene rings is 2. The maximum Gasteiger partial charge on any atom is 0.321 e. The predicted molar refractivity (Wildman–Crippen MR) is 85.5 cm³/mol. The minimum atomic E-state index is -1.22. The van der Waals surface area contributed by atoms with E-state index in [-0.39, 0.29) is 11.4 Å². The number of urea groups is 1. The summed E-state index contributed by atoms with van der Waals surface area (Å²) in [5.41, 5.74) is 0.184. The number of imide groups is 1. The number of carbonyl (C=O) groups excluding carboxylic acids is 2. The highest BCUT2D eigenvalue weighted by atomic mass is 16.6. The van der Waals surface area contributed by atoms with Gasteiger partial charge in [-0.15, -0.1) is 0 Å². The van der Waals surface area contributed by atoms with E-state index in [2.05, 4.69) is 10.6 Å². The Balaban J connectivity index is 2.35. The van der Waals surface area contributed by atoms with Crippen molar-refractivity contribution >= 4 is 17.6 Å². The summed E-state index contributed by atoms with van der Waals surface area (Å²) in [6.45, 7) is 0. The molecule has 8 nitrogen and oxygen atoms in total. The molecule has 2 aromatic carbocycles. The zero-order chi connectivity index (χ0) is 17.5. The van der Waals surface area contributed by atoms with Crippen molar-refractivity contribution in [3.8, 4) is 5.75 Å². The highest BCUT2D eigenvalue weighted by molar-refractivity contribution is 5.97. The van der Waals surface area contributed by atoms with Crippen LogP contribution in [-0.4, -0.2) is 23.9 Å². The monoisotopic (exact) mass is 329 g/mol. The van der Waals surface area contributed by atoms with E-state index in [0.717, 1.165) is 0 Å². The van der Waals surface area contributed by atoms with Gasteiger partial charge in [0, 0.05) is 18.7 Å². The number of carbonyl (C=O) groups is 2. The lowest BCUT2D eigenvalue weighted by Crippen LogP contribution is -2.41. The first-order valence-corrected chi connectivity index (χ1v) is 7.00. The van der Waals surface area contributed by atoms with Crippen molar-refractivity contribution in [2.24, 2.45) is 0 Å². The fourth-order valence-corrected chi connectivity index (χ4v) is 1.98. The van der Waals surface area contributed by atoms with Crippen LogP contribution in [0.15, 0.2) is 54.6 Å². The van der Waals surface area contributed by atoms with E-state index in [0.29, 0.717) is 5.56 Å². The van der Waals surface area contributed by atoms with E-state index in [9.17, 15) is 19.7 Å². The Hall–Kier alpha value is -3.42. The Morgan fingerprint density at radius 3 is 2.33 bits per heavy atom. The van der Waals surface area contributed by atoms with Gasteiger partial charge in [-0.3, -0.25) is 20.2 Å². The van der Waals surface area contributed by atoms with Crippen LogP contribution in [0.4, 0.5) is 10.5 Å². The number of nitro benzene ring substituents is 1. The quantitative estimate of drug-likeness (QED) is 0.645. The average Bonchev–Trinajstić information content (AvgIpc) is 2.60. The molecule has 0 fully saturated rings. The molecule has 24 heavy (non-hydrogen) atoms. The number of hydrogen-bond acceptors (Lipinski definition) is 5. The van der Waals surface area contributed by atoms with Crippen LogP contribution in [0.2, 0.25) is 0 Å². The number of para-hydroxylation sites is 2. The van der Waals surface area contributed by atoms with E-state index in [1.54, 1.807) is 36.4 Å². The topological polar surface area (TPSA) is 111 Å². The van der Waals surface area contributed by atoms with Crippen molar-refractivity contribution < 1.29 is 19.2 Å². The average molecular weight is 329 g/mol. The van der Waals surface area contributed by atoms with E-state index in [1.165, 1.54) is 25.2 Å². The predicted octanol–water partition coefficient (Wildman–Crippen LogP) is 2.17. The Bertz CT molecular complexity index is 748. The molecule has 1 atom stereocenters. The molecule has 0 saturated carbocycles. The minimum Gasteiger partial charge on any atom is -0.469 e. The molecular formula is C16H15N3O5. The highest BCUT2D eigenvalue weighted by Crippen LogP contribution is 2.30. The molecular weight excluding hydrogens is 314 g/mol. The smallest absolute Gasteiger partial charge is 0.321 e. The Morgan fingerprint density at radius 1 is 1.08 bits per heavy atom. The van der Waals surface area contributed by atoms with Crippen LogP contribution in [0.3, 0.4) is 0 Å². The van der Waals surface area contributed by atoms with Crippen molar-refractivity contribution in [3.63, 3.8) is 0 Å². The van der Waals surface area contributed by atoms with Gasteiger partial charge in [0.1, 0.15) is 0 Å². The molecule has 124 valence electrons. The molecule has 0 radical (unpaired) electrons. The lowest BCUT2D eigenvalue weighted by atomic mass is 10.1. The molecule has 0 heterocycles. The van der Waals surface area contributed by atoms with E-state index >= 15 is 0 Å². The standard InChI is InChI=1S/C16H15N3O5/c1-17-16(21)18-15(20)14(11-7-3-2-4-8-11)24-13-10-6-5-9-12(13)19(22)23/h2-10,14H,1H3,(H2,17,18,20,21)/t14-/m1/s1. The van der Waals surface area contributed by atoms with Crippen molar-refractivity contribution in [1.82, 2.24) is 10.6 Å². The fraction of sp³-hybridized carbons (Fsp3) is 0.125. The van der Waals surface area contributed by atoms with Crippen molar-refractivity contribution in [2.75, 3.05) is 7.05 Å². The van der Waals surface area contributed by atoms with Crippen LogP contribution in [0.25, 0.3) is 0 Å². The first-order valence-electron chi connectivity index (χ1n) is 7.00. The van der Waals surface area contributed by atoms with Crippen LogP contribution < -0.4 is 15.4 Å². The molecule has 0 spiro atoms. The van der Waals surface area contributed by atoms with Gasteiger partial charge in [-0.2, -0.15) is 0 Å². The number of amides is 3. The van der Waals surface area contributed by atoms with Crippen LogP contribution in [0.1, 0.15) is 11.7 Å². The SMILES string of the molecule is CNC(=O)NC(=O)[C@H](Oc1ccccc1[N+](=O)[O-])c1ccccc1. The van der Waals surface area contributed by atoms with Crippen LogP contribution in [0, 0.1) is 10.1 Å². The molecule has 0 bridgehead atoms. The molecule has 0 aromatic heterocycles. The van der Waals surface area contributed by atoms with E-state index in [1.807, 2.05) is 0 Å². The Morgan fingerprint density at radius 2 is 1.71 bits per heavy atom. The maximum atomic E-state index is 12.3. The normalized spacial score (nSPS) is 11.2. The summed E-state index contributed by atoms with van der Waals surface area (Å²) in [5, 5.41) is 15.5. The van der Waals surface area contributed by atoms with Crippen LogP contribution in [-0.2, 0) is 4.79 Å². The summed E-state index contributed by atoms with van der Waals surface area (Å²) in [4.78, 5) is 34.2. The summed E-state index contributed by atoms with van der Waals surface area (Å²) in [7, 11) is 1.36. The number of hydrogen-bond donors (Lipinski definition) is 2. The second-order valence-electron chi connectivity index (χ2n) is 4.70. The lowest BCUT2D eigenvalue weighted by Gasteiger charge is -2.18. The molecule has 0 aliphatic carbocycles. The van der Waals surface area contributed by atoms with Gasteiger partial charge in [0.05, 0.1) is 4.92 Å². The summed E-state index contributed by atoms with van der Waals surface area (Å²) < 4.78 is 5.57. The van der Waals surface area contributed by atoms with Gasteiger partial charge in [0.25, 0.3) is 5.91 Å². The zero-order valence-electron chi connectivity index (χ0n) is 12.8. The Kier molecular flexibility index (Phi) is 5.45. The Labute approximate surface area is 137 Å². The zero-order valence-corrected chi connectivity index (χ0v) is 12.8. The molecule has 8 heteroatoms. The van der Waals surface area contributed by atoms with Crippen molar-refractivity contribution in [2.45, 2.75) is 6.10 Å². The lowest BCUT2D eigenvalue weighted by molar-refractivity contribution is -0.386. The highest BCUT2D eigenvalue weighted by Gasteiger charge is 2.27. The number of nitrogens with one attached hydrogen (secondary N) is 2. The summed E-state index contributed by atoms with van der Waals surface area (Å²) in [5.74, 6) is -0.804. The molecule has 2 N–H and O–H groups in total. The molecule has 3 amide bonds. The summed E-state index contributed by atoms with van der Waals surface area (Å²) in [6, 6.07) is 13.4. The van der Waals surface area contributed by atoms with Crippen LogP contribution >= 0.6 is 0 Å². The summed E-state index contributed by atoms with van der Waals surface area (Å²) in [6.07, 6.45) is -1.22. The number of rotatable bonds is 5. The second-order valence-corrected chi connectivity index (χ2v) is 4.70. The summed E-state index contributed by atoms with van der Waals surface area (Å²) >= 11 is 0. The molecule has 0 aliphatic heterocycles. The third kappa shape index (κ3) is 4.07. The molecule has 0 saturated heterocycles. The minimum absolute atomic E-state index is 0.0663. The van der Waals surface area contributed by atoms with Gasteiger partial charge in [0.15, 0.2) is 5.75 Å². The molecule has 0 aliphatic rings. The second kappa shape index (κ2) is 7.73. The molecule has 2 aromatic rings. The fourth-order valence-electron chi connectivity index (χ4n) is 1.98. The van der Waals surface area contributed by atoms with Gasteiger partial charge in [-0.25, -0.2) is 4.79 Å². The van der Waals surface area contributed by atoms with E-state index < -0.39 is 23.0 Å². The van der Waals surface area contributed by atoms with Crippen molar-refractivity contribution in [3.05, 3.63) is 70.3 Å². The largest absolute Gasteiger partial charge is 0.469 e. The molecule has 2 rings (SSSR count).